The Hall–Kier alpha value is -1.39. The zero-order chi connectivity index (χ0) is 14.7. The Morgan fingerprint density at radius 1 is 1.35 bits per heavy atom. The van der Waals surface area contributed by atoms with Crippen LogP contribution in [0.5, 0.6) is 0 Å². The smallest absolute Gasteiger partial charge is 0.254 e. The van der Waals surface area contributed by atoms with Crippen LogP contribution in [0, 0.1) is 0 Å². The molecular formula is C16H24N2O2. The minimum atomic E-state index is -0.0577. The van der Waals surface area contributed by atoms with Crippen LogP contribution in [0.2, 0.25) is 0 Å². The molecule has 4 nitrogen and oxygen atoms in total. The number of amides is 1. The molecule has 0 bridgehead atoms. The normalized spacial score (nSPS) is 23.1. The van der Waals surface area contributed by atoms with Gasteiger partial charge in [-0.15, -0.1) is 0 Å². The summed E-state index contributed by atoms with van der Waals surface area (Å²) in [6, 6.07) is 7.88. The van der Waals surface area contributed by atoms with E-state index in [1.54, 1.807) is 0 Å². The average molecular weight is 276 g/mol. The Labute approximate surface area is 120 Å². The van der Waals surface area contributed by atoms with Crippen LogP contribution in [-0.4, -0.2) is 42.6 Å². The highest BCUT2D eigenvalue weighted by Gasteiger charge is 2.28. The maximum atomic E-state index is 12.5. The summed E-state index contributed by atoms with van der Waals surface area (Å²) in [5.74, 6) is 0.540. The van der Waals surface area contributed by atoms with E-state index in [1.165, 1.54) is 5.56 Å². The summed E-state index contributed by atoms with van der Waals surface area (Å²) >= 11 is 0. The van der Waals surface area contributed by atoms with Crippen molar-refractivity contribution in [2.24, 2.45) is 5.73 Å². The molecule has 1 aromatic carbocycles. The highest BCUT2D eigenvalue weighted by Crippen LogP contribution is 2.18. The minimum Gasteiger partial charge on any atom is -0.370 e. The van der Waals surface area contributed by atoms with Gasteiger partial charge in [0.05, 0.1) is 12.2 Å². The molecule has 1 saturated heterocycles. The molecular weight excluding hydrogens is 252 g/mol. The third kappa shape index (κ3) is 3.38. The maximum absolute atomic E-state index is 12.5. The molecule has 1 amide bonds. The maximum Gasteiger partial charge on any atom is 0.254 e. The lowest BCUT2D eigenvalue weighted by molar-refractivity contribution is -0.0625. The van der Waals surface area contributed by atoms with E-state index < -0.39 is 0 Å². The monoisotopic (exact) mass is 276 g/mol. The van der Waals surface area contributed by atoms with Crippen molar-refractivity contribution in [3.05, 3.63) is 35.4 Å². The second-order valence-electron chi connectivity index (χ2n) is 5.79. The van der Waals surface area contributed by atoms with Gasteiger partial charge in [0.25, 0.3) is 5.91 Å². The van der Waals surface area contributed by atoms with Gasteiger partial charge in [0.1, 0.15) is 0 Å². The van der Waals surface area contributed by atoms with Crippen LogP contribution in [0.3, 0.4) is 0 Å². The van der Waals surface area contributed by atoms with E-state index in [0.717, 1.165) is 5.56 Å². The molecule has 0 radical (unpaired) electrons. The number of carbonyl (C=O) groups is 1. The van der Waals surface area contributed by atoms with Gasteiger partial charge < -0.3 is 15.4 Å². The highest BCUT2D eigenvalue weighted by atomic mass is 16.5. The van der Waals surface area contributed by atoms with Gasteiger partial charge in [0, 0.05) is 25.2 Å². The Kier molecular flexibility index (Phi) is 4.78. The van der Waals surface area contributed by atoms with Crippen molar-refractivity contribution >= 4 is 5.91 Å². The summed E-state index contributed by atoms with van der Waals surface area (Å²) in [5, 5.41) is 0. The van der Waals surface area contributed by atoms with E-state index in [4.69, 9.17) is 10.5 Å². The second-order valence-corrected chi connectivity index (χ2v) is 5.79. The van der Waals surface area contributed by atoms with Gasteiger partial charge in [-0.05, 0) is 30.5 Å². The first kappa shape index (κ1) is 15.0. The fraction of sp³-hybridized carbons (Fsp3) is 0.562. The molecule has 1 heterocycles. The van der Waals surface area contributed by atoms with E-state index in [1.807, 2.05) is 36.1 Å². The van der Waals surface area contributed by atoms with Crippen molar-refractivity contribution in [3.8, 4) is 0 Å². The molecule has 0 saturated carbocycles. The molecule has 2 atom stereocenters. The van der Waals surface area contributed by atoms with Gasteiger partial charge in [0.15, 0.2) is 0 Å². The molecule has 1 aliphatic heterocycles. The zero-order valence-corrected chi connectivity index (χ0v) is 12.5. The highest BCUT2D eigenvalue weighted by molar-refractivity contribution is 5.94. The van der Waals surface area contributed by atoms with Crippen LogP contribution in [-0.2, 0) is 4.74 Å². The molecule has 2 N–H and O–H groups in total. The van der Waals surface area contributed by atoms with Gasteiger partial charge in [-0.25, -0.2) is 0 Å². The van der Waals surface area contributed by atoms with Gasteiger partial charge >= 0.3 is 0 Å². The summed E-state index contributed by atoms with van der Waals surface area (Å²) in [6.45, 7) is 7.91. The van der Waals surface area contributed by atoms with Crippen LogP contribution < -0.4 is 5.73 Å². The number of rotatable bonds is 3. The molecule has 1 fully saturated rings. The van der Waals surface area contributed by atoms with Gasteiger partial charge in [-0.3, -0.25) is 4.79 Å². The van der Waals surface area contributed by atoms with Crippen molar-refractivity contribution < 1.29 is 9.53 Å². The first-order valence-corrected chi connectivity index (χ1v) is 7.26. The number of ether oxygens (including phenoxy) is 1. The Balaban J connectivity index is 2.10. The van der Waals surface area contributed by atoms with Crippen LogP contribution >= 0.6 is 0 Å². The molecule has 0 spiro atoms. The Morgan fingerprint density at radius 2 is 2.00 bits per heavy atom. The number of hydrogen-bond acceptors (Lipinski definition) is 3. The standard InChI is InChI=1S/C16H24N2O2/c1-11(2)13-4-6-14(7-5-13)16(19)18-9-12(3)20-15(8-17)10-18/h4-7,11-12,15H,8-10,17H2,1-3H3. The van der Waals surface area contributed by atoms with Crippen LogP contribution in [0.4, 0.5) is 0 Å². The Morgan fingerprint density at radius 3 is 2.55 bits per heavy atom. The quantitative estimate of drug-likeness (QED) is 0.918. The molecule has 0 aromatic heterocycles. The van der Waals surface area contributed by atoms with Crippen molar-refractivity contribution in [1.29, 1.82) is 0 Å². The fourth-order valence-electron chi connectivity index (χ4n) is 2.53. The van der Waals surface area contributed by atoms with E-state index in [2.05, 4.69) is 13.8 Å². The topological polar surface area (TPSA) is 55.6 Å². The van der Waals surface area contributed by atoms with Crippen LogP contribution in [0.25, 0.3) is 0 Å². The van der Waals surface area contributed by atoms with Crippen molar-refractivity contribution in [1.82, 2.24) is 4.90 Å². The third-order valence-corrected chi connectivity index (χ3v) is 3.70. The number of nitrogens with zero attached hydrogens (tertiary/aromatic N) is 1. The number of morpholine rings is 1. The van der Waals surface area contributed by atoms with E-state index in [-0.39, 0.29) is 18.1 Å². The molecule has 4 heteroatoms. The van der Waals surface area contributed by atoms with Crippen molar-refractivity contribution in [2.45, 2.75) is 38.9 Å². The SMILES string of the molecule is CC1CN(C(=O)c2ccc(C(C)C)cc2)CC(CN)O1. The largest absolute Gasteiger partial charge is 0.370 e. The summed E-state index contributed by atoms with van der Waals surface area (Å²) in [6.07, 6.45) is -0.0196. The lowest BCUT2D eigenvalue weighted by Gasteiger charge is -2.36. The summed E-state index contributed by atoms with van der Waals surface area (Å²) in [7, 11) is 0. The molecule has 20 heavy (non-hydrogen) atoms. The lowest BCUT2D eigenvalue weighted by atomic mass is 10.0. The number of benzene rings is 1. The van der Waals surface area contributed by atoms with Gasteiger partial charge in [0.2, 0.25) is 0 Å². The van der Waals surface area contributed by atoms with Crippen LogP contribution in [0.1, 0.15) is 42.6 Å². The molecule has 2 unspecified atom stereocenters. The summed E-state index contributed by atoms with van der Waals surface area (Å²) in [4.78, 5) is 14.4. The lowest BCUT2D eigenvalue weighted by Crippen LogP contribution is -2.51. The van der Waals surface area contributed by atoms with Gasteiger partial charge in [-0.1, -0.05) is 26.0 Å². The van der Waals surface area contributed by atoms with E-state index >= 15 is 0 Å². The van der Waals surface area contributed by atoms with Crippen LogP contribution in [0.15, 0.2) is 24.3 Å². The van der Waals surface area contributed by atoms with Crippen molar-refractivity contribution in [3.63, 3.8) is 0 Å². The predicted molar refractivity (Wildman–Crippen MR) is 79.8 cm³/mol. The third-order valence-electron chi connectivity index (χ3n) is 3.70. The first-order valence-electron chi connectivity index (χ1n) is 7.26. The number of hydrogen-bond donors (Lipinski definition) is 1. The molecule has 1 aliphatic rings. The zero-order valence-electron chi connectivity index (χ0n) is 12.5. The molecule has 0 aliphatic carbocycles. The number of nitrogens with two attached hydrogens (primary N) is 1. The molecule has 1 aromatic rings. The van der Waals surface area contributed by atoms with Crippen molar-refractivity contribution in [2.75, 3.05) is 19.6 Å². The van der Waals surface area contributed by atoms with E-state index in [9.17, 15) is 4.79 Å². The molecule has 110 valence electrons. The summed E-state index contributed by atoms with van der Waals surface area (Å²) < 4.78 is 5.68. The fourth-order valence-corrected chi connectivity index (χ4v) is 2.53. The molecule has 2 rings (SSSR count). The first-order chi connectivity index (χ1) is 9.51. The summed E-state index contributed by atoms with van der Waals surface area (Å²) in [5.41, 5.74) is 7.64. The average Bonchev–Trinajstić information content (AvgIpc) is 2.45. The Bertz CT molecular complexity index is 456. The van der Waals surface area contributed by atoms with Gasteiger partial charge in [-0.2, -0.15) is 0 Å². The van der Waals surface area contributed by atoms with E-state index in [0.29, 0.717) is 25.6 Å². The minimum absolute atomic E-state index is 0.0381. The number of carbonyl (C=O) groups excluding carboxylic acids is 1. The second kappa shape index (κ2) is 6.37. The predicted octanol–water partition coefficient (Wildman–Crippen LogP) is 2.00.